The number of hydrogen-bond acceptors (Lipinski definition) is 4. The number of aromatic nitrogens is 1. The molecular weight excluding hydrogens is 359 g/mol. The van der Waals surface area contributed by atoms with Crippen LogP contribution in [0.15, 0.2) is 42.6 Å². The largest absolute Gasteiger partial charge is 0.368 e. The SMILES string of the molecule is CC(=O)N1Cc2cccnc2C(C(=O)N2CCN(c3ccc(F)cc3)CC2)C1. The smallest absolute Gasteiger partial charge is 0.233 e. The molecule has 146 valence electrons. The van der Waals surface area contributed by atoms with Crippen molar-refractivity contribution in [1.29, 1.82) is 0 Å². The first-order valence-corrected chi connectivity index (χ1v) is 9.51. The molecule has 0 radical (unpaired) electrons. The molecule has 2 aliphatic heterocycles. The maximum atomic E-state index is 13.3. The third-order valence-electron chi connectivity index (χ3n) is 5.55. The number of fused-ring (bicyclic) bond motifs is 1. The average Bonchev–Trinajstić information content (AvgIpc) is 2.73. The topological polar surface area (TPSA) is 56.8 Å². The van der Waals surface area contributed by atoms with Gasteiger partial charge in [-0.05, 0) is 35.9 Å². The van der Waals surface area contributed by atoms with E-state index in [9.17, 15) is 14.0 Å². The predicted molar refractivity (Wildman–Crippen MR) is 103 cm³/mol. The van der Waals surface area contributed by atoms with Gasteiger partial charge < -0.3 is 14.7 Å². The Labute approximate surface area is 163 Å². The van der Waals surface area contributed by atoms with Crippen LogP contribution in [-0.4, -0.2) is 59.3 Å². The highest BCUT2D eigenvalue weighted by Gasteiger charge is 2.36. The van der Waals surface area contributed by atoms with E-state index < -0.39 is 5.92 Å². The lowest BCUT2D eigenvalue weighted by molar-refractivity contribution is -0.136. The highest BCUT2D eigenvalue weighted by atomic mass is 19.1. The lowest BCUT2D eigenvalue weighted by atomic mass is 9.93. The van der Waals surface area contributed by atoms with E-state index in [-0.39, 0.29) is 17.6 Å². The van der Waals surface area contributed by atoms with Gasteiger partial charge >= 0.3 is 0 Å². The summed E-state index contributed by atoms with van der Waals surface area (Å²) in [6.45, 7) is 4.97. The van der Waals surface area contributed by atoms with Crippen LogP contribution in [-0.2, 0) is 16.1 Å². The summed E-state index contributed by atoms with van der Waals surface area (Å²) in [6, 6.07) is 10.2. The molecule has 0 aliphatic carbocycles. The summed E-state index contributed by atoms with van der Waals surface area (Å²) in [5, 5.41) is 0. The molecule has 2 aromatic rings. The molecule has 0 saturated carbocycles. The molecule has 1 unspecified atom stereocenters. The molecule has 1 fully saturated rings. The van der Waals surface area contributed by atoms with Crippen molar-refractivity contribution in [3.8, 4) is 0 Å². The van der Waals surface area contributed by atoms with E-state index in [1.165, 1.54) is 19.1 Å². The number of nitrogens with zero attached hydrogens (tertiary/aromatic N) is 4. The molecule has 1 saturated heterocycles. The maximum absolute atomic E-state index is 13.3. The Morgan fingerprint density at radius 1 is 1.04 bits per heavy atom. The minimum atomic E-state index is -0.425. The number of pyridine rings is 1. The molecule has 0 N–H and O–H groups in total. The summed E-state index contributed by atoms with van der Waals surface area (Å²) in [4.78, 5) is 35.3. The standard InChI is InChI=1S/C21H23FN4O2/c1-15(27)26-13-16-3-2-8-23-20(16)19(14-26)21(28)25-11-9-24(10-12-25)18-6-4-17(22)5-7-18/h2-8,19H,9-14H2,1H3. The molecule has 1 aromatic heterocycles. The number of benzene rings is 1. The minimum absolute atomic E-state index is 0.0182. The van der Waals surface area contributed by atoms with Gasteiger partial charge in [0.2, 0.25) is 11.8 Å². The van der Waals surface area contributed by atoms with Gasteiger partial charge in [-0.3, -0.25) is 14.6 Å². The van der Waals surface area contributed by atoms with Crippen LogP contribution in [0, 0.1) is 5.82 Å². The first kappa shape index (κ1) is 18.4. The molecule has 1 atom stereocenters. The van der Waals surface area contributed by atoms with Crippen LogP contribution in [0.3, 0.4) is 0 Å². The van der Waals surface area contributed by atoms with Crippen LogP contribution in [0.25, 0.3) is 0 Å². The van der Waals surface area contributed by atoms with Crippen LogP contribution < -0.4 is 4.90 Å². The zero-order valence-corrected chi connectivity index (χ0v) is 15.8. The number of amides is 2. The van der Waals surface area contributed by atoms with E-state index in [1.807, 2.05) is 17.0 Å². The van der Waals surface area contributed by atoms with Gasteiger partial charge in [0.05, 0.1) is 11.6 Å². The second-order valence-electron chi connectivity index (χ2n) is 7.29. The summed E-state index contributed by atoms with van der Waals surface area (Å²) in [5.41, 5.74) is 2.68. The molecule has 4 rings (SSSR count). The molecule has 7 heteroatoms. The van der Waals surface area contributed by atoms with Crippen molar-refractivity contribution in [2.24, 2.45) is 0 Å². The Bertz CT molecular complexity index is 878. The van der Waals surface area contributed by atoms with Crippen molar-refractivity contribution < 1.29 is 14.0 Å². The summed E-state index contributed by atoms with van der Waals surface area (Å²) < 4.78 is 13.1. The normalized spacial score (nSPS) is 19.4. The van der Waals surface area contributed by atoms with Crippen molar-refractivity contribution in [2.45, 2.75) is 19.4 Å². The number of halogens is 1. The molecule has 0 spiro atoms. The Balaban J connectivity index is 1.47. The van der Waals surface area contributed by atoms with Crippen molar-refractivity contribution in [3.63, 3.8) is 0 Å². The molecule has 6 nitrogen and oxygen atoms in total. The van der Waals surface area contributed by atoms with Crippen LogP contribution in [0.4, 0.5) is 10.1 Å². The first-order valence-electron chi connectivity index (χ1n) is 9.51. The quantitative estimate of drug-likeness (QED) is 0.797. The number of hydrogen-bond donors (Lipinski definition) is 0. The van der Waals surface area contributed by atoms with Gasteiger partial charge in [0, 0.05) is 58.1 Å². The van der Waals surface area contributed by atoms with Gasteiger partial charge in [-0.1, -0.05) is 6.07 Å². The number of anilines is 1. The lowest BCUT2D eigenvalue weighted by Gasteiger charge is -2.39. The van der Waals surface area contributed by atoms with Gasteiger partial charge in [-0.15, -0.1) is 0 Å². The predicted octanol–water partition coefficient (Wildman–Crippen LogP) is 2.02. The highest BCUT2D eigenvalue weighted by molar-refractivity contribution is 5.86. The van der Waals surface area contributed by atoms with Crippen LogP contribution in [0.5, 0.6) is 0 Å². The van der Waals surface area contributed by atoms with Crippen LogP contribution in [0.2, 0.25) is 0 Å². The lowest BCUT2D eigenvalue weighted by Crippen LogP contribution is -2.52. The van der Waals surface area contributed by atoms with Crippen LogP contribution in [0.1, 0.15) is 24.1 Å². The van der Waals surface area contributed by atoms with Crippen molar-refractivity contribution >= 4 is 17.5 Å². The summed E-state index contributed by atoms with van der Waals surface area (Å²) in [7, 11) is 0. The highest BCUT2D eigenvalue weighted by Crippen LogP contribution is 2.29. The van der Waals surface area contributed by atoms with E-state index in [4.69, 9.17) is 0 Å². The zero-order chi connectivity index (χ0) is 19.7. The van der Waals surface area contributed by atoms with Gasteiger partial charge in [0.1, 0.15) is 5.82 Å². The van der Waals surface area contributed by atoms with Crippen molar-refractivity contribution in [3.05, 3.63) is 59.7 Å². The Morgan fingerprint density at radius 3 is 2.43 bits per heavy atom. The van der Waals surface area contributed by atoms with Crippen LogP contribution >= 0.6 is 0 Å². The number of piperazine rings is 1. The van der Waals surface area contributed by atoms with E-state index in [2.05, 4.69) is 9.88 Å². The molecular formula is C21H23FN4O2. The third-order valence-corrected chi connectivity index (χ3v) is 5.55. The van der Waals surface area contributed by atoms with E-state index in [1.54, 1.807) is 23.2 Å². The van der Waals surface area contributed by atoms with E-state index in [0.717, 1.165) is 16.9 Å². The second kappa shape index (κ2) is 7.58. The molecule has 28 heavy (non-hydrogen) atoms. The molecule has 2 amide bonds. The fourth-order valence-corrected chi connectivity index (χ4v) is 3.97. The monoisotopic (exact) mass is 382 g/mol. The van der Waals surface area contributed by atoms with Gasteiger partial charge in [-0.25, -0.2) is 4.39 Å². The number of rotatable bonds is 2. The fraction of sp³-hybridized carbons (Fsp3) is 0.381. The summed E-state index contributed by atoms with van der Waals surface area (Å²) in [5.74, 6) is -0.694. The fourth-order valence-electron chi connectivity index (χ4n) is 3.97. The Kier molecular flexibility index (Phi) is 4.98. The maximum Gasteiger partial charge on any atom is 0.233 e. The third kappa shape index (κ3) is 3.56. The Hall–Kier alpha value is -2.96. The van der Waals surface area contributed by atoms with E-state index in [0.29, 0.717) is 39.3 Å². The van der Waals surface area contributed by atoms with Gasteiger partial charge in [0.15, 0.2) is 0 Å². The first-order chi connectivity index (χ1) is 13.5. The van der Waals surface area contributed by atoms with Gasteiger partial charge in [-0.2, -0.15) is 0 Å². The Morgan fingerprint density at radius 2 is 1.75 bits per heavy atom. The van der Waals surface area contributed by atoms with Gasteiger partial charge in [0.25, 0.3) is 0 Å². The molecule has 0 bridgehead atoms. The molecule has 2 aliphatic rings. The van der Waals surface area contributed by atoms with Crippen molar-refractivity contribution in [2.75, 3.05) is 37.6 Å². The zero-order valence-electron chi connectivity index (χ0n) is 15.8. The summed E-state index contributed by atoms with van der Waals surface area (Å²) >= 11 is 0. The summed E-state index contributed by atoms with van der Waals surface area (Å²) in [6.07, 6.45) is 1.70. The average molecular weight is 382 g/mol. The van der Waals surface area contributed by atoms with E-state index >= 15 is 0 Å². The van der Waals surface area contributed by atoms with Crippen molar-refractivity contribution in [1.82, 2.24) is 14.8 Å². The second-order valence-corrected chi connectivity index (χ2v) is 7.29. The molecule has 1 aromatic carbocycles. The minimum Gasteiger partial charge on any atom is -0.368 e. The number of carbonyl (C=O) groups excluding carboxylic acids is 2. The number of carbonyl (C=O) groups is 2. The molecule has 3 heterocycles.